The maximum absolute atomic E-state index is 10.3. The number of pyridine rings is 1. The number of ether oxygens (including phenoxy) is 1. The molecule has 0 spiro atoms. The van der Waals surface area contributed by atoms with Crippen LogP contribution < -0.4 is 9.64 Å². The Morgan fingerprint density at radius 1 is 1.12 bits per heavy atom. The molecule has 0 radical (unpaired) electrons. The first-order valence-electron chi connectivity index (χ1n) is 8.67. The highest BCUT2D eigenvalue weighted by Gasteiger charge is 2.22. The highest BCUT2D eigenvalue weighted by atomic mass is 35.5. The van der Waals surface area contributed by atoms with Gasteiger partial charge in [0.15, 0.2) is 0 Å². The fourth-order valence-electron chi connectivity index (χ4n) is 3.12. The highest BCUT2D eigenvalue weighted by molar-refractivity contribution is 6.38. The molecule has 1 aromatic heterocycles. The van der Waals surface area contributed by atoms with E-state index in [1.807, 2.05) is 31.2 Å². The summed E-state index contributed by atoms with van der Waals surface area (Å²) in [7, 11) is 0. The number of piperazine rings is 1. The van der Waals surface area contributed by atoms with Crippen LogP contribution in [0.5, 0.6) is 5.75 Å². The predicted octanol–water partition coefficient (Wildman–Crippen LogP) is 3.26. The van der Waals surface area contributed by atoms with E-state index in [4.69, 9.17) is 27.9 Å². The number of benzene rings is 1. The lowest BCUT2D eigenvalue weighted by atomic mass is 10.2. The number of aliphatic hydroxyl groups is 1. The van der Waals surface area contributed by atoms with Gasteiger partial charge in [0.05, 0.1) is 15.7 Å². The van der Waals surface area contributed by atoms with Crippen molar-refractivity contribution in [1.82, 2.24) is 9.88 Å². The van der Waals surface area contributed by atoms with E-state index in [2.05, 4.69) is 14.8 Å². The second-order valence-corrected chi connectivity index (χ2v) is 7.28. The molecule has 0 bridgehead atoms. The number of rotatable bonds is 6. The minimum absolute atomic E-state index is 0.285. The van der Waals surface area contributed by atoms with Crippen LogP contribution in [0.3, 0.4) is 0 Å². The third kappa shape index (κ3) is 4.80. The van der Waals surface area contributed by atoms with E-state index in [-0.39, 0.29) is 6.61 Å². The number of para-hydroxylation sites is 1. The molecule has 2 aromatic rings. The number of hydrogen-bond acceptors (Lipinski definition) is 5. The molecule has 1 N–H and O–H groups in total. The Morgan fingerprint density at radius 3 is 2.42 bits per heavy atom. The molecular weight excluding hydrogens is 373 g/mol. The number of nitrogens with zero attached hydrogens (tertiary/aromatic N) is 3. The van der Waals surface area contributed by atoms with Crippen molar-refractivity contribution in [1.29, 1.82) is 0 Å². The van der Waals surface area contributed by atoms with Crippen LogP contribution in [-0.4, -0.2) is 60.4 Å². The Labute approximate surface area is 164 Å². The lowest BCUT2D eigenvalue weighted by Crippen LogP contribution is -2.49. The minimum atomic E-state index is -0.533. The molecule has 7 heteroatoms. The SMILES string of the molecule is Cc1ccccc1OCC(O)CN1CCN(c2c(Cl)cncc2Cl)CC1. The van der Waals surface area contributed by atoms with Gasteiger partial charge in [-0.15, -0.1) is 0 Å². The van der Waals surface area contributed by atoms with E-state index in [1.165, 1.54) is 0 Å². The Balaban J connectivity index is 1.47. The first kappa shape index (κ1) is 19.2. The smallest absolute Gasteiger partial charge is 0.122 e. The molecule has 3 rings (SSSR count). The van der Waals surface area contributed by atoms with Gasteiger partial charge in [-0.1, -0.05) is 41.4 Å². The highest BCUT2D eigenvalue weighted by Crippen LogP contribution is 2.33. The molecular formula is C19H23Cl2N3O2. The van der Waals surface area contributed by atoms with Crippen molar-refractivity contribution in [2.45, 2.75) is 13.0 Å². The zero-order valence-corrected chi connectivity index (χ0v) is 16.2. The Morgan fingerprint density at radius 2 is 1.77 bits per heavy atom. The second kappa shape index (κ2) is 8.91. The molecule has 26 heavy (non-hydrogen) atoms. The summed E-state index contributed by atoms with van der Waals surface area (Å²) in [4.78, 5) is 8.39. The van der Waals surface area contributed by atoms with Gasteiger partial charge in [0.1, 0.15) is 18.5 Å². The zero-order valence-electron chi connectivity index (χ0n) is 14.7. The molecule has 2 heterocycles. The van der Waals surface area contributed by atoms with Gasteiger partial charge in [-0.05, 0) is 18.6 Å². The van der Waals surface area contributed by atoms with Gasteiger partial charge in [-0.2, -0.15) is 0 Å². The van der Waals surface area contributed by atoms with Crippen molar-refractivity contribution in [2.75, 3.05) is 44.2 Å². The second-order valence-electron chi connectivity index (χ2n) is 6.47. The van der Waals surface area contributed by atoms with Gasteiger partial charge in [0.2, 0.25) is 0 Å². The zero-order chi connectivity index (χ0) is 18.5. The quantitative estimate of drug-likeness (QED) is 0.813. The first-order valence-corrected chi connectivity index (χ1v) is 9.43. The maximum Gasteiger partial charge on any atom is 0.122 e. The van der Waals surface area contributed by atoms with E-state index < -0.39 is 6.10 Å². The summed E-state index contributed by atoms with van der Waals surface area (Å²) in [6, 6.07) is 7.82. The summed E-state index contributed by atoms with van der Waals surface area (Å²) in [5.41, 5.74) is 1.91. The number of aryl methyl sites for hydroxylation is 1. The Bertz CT molecular complexity index is 716. The van der Waals surface area contributed by atoms with E-state index >= 15 is 0 Å². The third-order valence-corrected chi connectivity index (χ3v) is 5.06. The van der Waals surface area contributed by atoms with Gasteiger partial charge in [-0.25, -0.2) is 0 Å². The van der Waals surface area contributed by atoms with Crippen molar-refractivity contribution in [2.24, 2.45) is 0 Å². The number of halogens is 2. The van der Waals surface area contributed by atoms with Gasteiger partial charge < -0.3 is 14.7 Å². The fourth-order valence-corrected chi connectivity index (χ4v) is 3.72. The van der Waals surface area contributed by atoms with E-state index in [0.717, 1.165) is 43.2 Å². The number of hydrogen-bond donors (Lipinski definition) is 1. The van der Waals surface area contributed by atoms with E-state index in [0.29, 0.717) is 16.6 Å². The summed E-state index contributed by atoms with van der Waals surface area (Å²) in [6.07, 6.45) is 2.69. The largest absolute Gasteiger partial charge is 0.491 e. The van der Waals surface area contributed by atoms with Crippen LogP contribution in [0.25, 0.3) is 0 Å². The lowest BCUT2D eigenvalue weighted by Gasteiger charge is -2.37. The number of aromatic nitrogens is 1. The van der Waals surface area contributed by atoms with Crippen LogP contribution in [0, 0.1) is 6.92 Å². The van der Waals surface area contributed by atoms with Gasteiger partial charge >= 0.3 is 0 Å². The summed E-state index contributed by atoms with van der Waals surface area (Å²) in [6.45, 7) is 6.12. The molecule has 0 amide bonds. The van der Waals surface area contributed by atoms with Crippen molar-refractivity contribution in [3.8, 4) is 5.75 Å². The van der Waals surface area contributed by atoms with E-state index in [9.17, 15) is 5.11 Å². The molecule has 140 valence electrons. The summed E-state index contributed by atoms with van der Waals surface area (Å²) < 4.78 is 5.73. The molecule has 0 aliphatic carbocycles. The fraction of sp³-hybridized carbons (Fsp3) is 0.421. The molecule has 1 aromatic carbocycles. The summed E-state index contributed by atoms with van der Waals surface area (Å²) in [5.74, 6) is 0.818. The van der Waals surface area contributed by atoms with Crippen LogP contribution in [0.4, 0.5) is 5.69 Å². The monoisotopic (exact) mass is 395 g/mol. The van der Waals surface area contributed by atoms with Gasteiger partial charge in [0, 0.05) is 45.1 Å². The molecule has 5 nitrogen and oxygen atoms in total. The minimum Gasteiger partial charge on any atom is -0.491 e. The molecule has 1 aliphatic heterocycles. The maximum atomic E-state index is 10.3. The van der Waals surface area contributed by atoms with Crippen molar-refractivity contribution >= 4 is 28.9 Å². The average molecular weight is 396 g/mol. The predicted molar refractivity (Wildman–Crippen MR) is 106 cm³/mol. The van der Waals surface area contributed by atoms with Crippen LogP contribution in [-0.2, 0) is 0 Å². The number of aliphatic hydroxyl groups excluding tert-OH is 1. The molecule has 1 unspecified atom stereocenters. The normalized spacial score (nSPS) is 16.5. The van der Waals surface area contributed by atoms with Crippen molar-refractivity contribution in [3.63, 3.8) is 0 Å². The lowest BCUT2D eigenvalue weighted by molar-refractivity contribution is 0.0661. The first-order chi connectivity index (χ1) is 12.5. The Hall–Kier alpha value is -1.53. The van der Waals surface area contributed by atoms with Crippen LogP contribution in [0.1, 0.15) is 5.56 Å². The topological polar surface area (TPSA) is 48.8 Å². The number of anilines is 1. The molecule has 1 atom stereocenters. The molecule has 1 saturated heterocycles. The average Bonchev–Trinajstić information content (AvgIpc) is 2.62. The number of β-amino-alcohol motifs (C(OH)–C–C–N with tert-alkyl or cyclic N) is 1. The molecule has 1 fully saturated rings. The standard InChI is InChI=1S/C19H23Cl2N3O2/c1-14-4-2-3-5-18(14)26-13-15(25)12-23-6-8-24(9-7-23)19-16(20)10-22-11-17(19)21/h2-5,10-11,15,25H,6-9,12-13H2,1H3. The molecule has 1 aliphatic rings. The van der Waals surface area contributed by atoms with E-state index in [1.54, 1.807) is 12.4 Å². The Kier molecular flexibility index (Phi) is 6.59. The van der Waals surface area contributed by atoms with Crippen LogP contribution >= 0.6 is 23.2 Å². The summed E-state index contributed by atoms with van der Waals surface area (Å²) >= 11 is 12.5. The van der Waals surface area contributed by atoms with Gasteiger partial charge in [0.25, 0.3) is 0 Å². The molecule has 0 saturated carbocycles. The third-order valence-electron chi connectivity index (χ3n) is 4.51. The van der Waals surface area contributed by atoms with Crippen LogP contribution in [0.15, 0.2) is 36.7 Å². The van der Waals surface area contributed by atoms with Crippen LogP contribution in [0.2, 0.25) is 10.0 Å². The van der Waals surface area contributed by atoms with Crippen molar-refractivity contribution < 1.29 is 9.84 Å². The van der Waals surface area contributed by atoms with Crippen molar-refractivity contribution in [3.05, 3.63) is 52.3 Å². The summed E-state index contributed by atoms with van der Waals surface area (Å²) in [5, 5.41) is 11.4. The van der Waals surface area contributed by atoms with Gasteiger partial charge in [-0.3, -0.25) is 9.88 Å².